The molecule has 0 saturated carbocycles. The molecule has 0 radical (unpaired) electrons. The number of hydrogen-bond acceptors (Lipinski definition) is 2. The summed E-state index contributed by atoms with van der Waals surface area (Å²) in [4.78, 5) is 10.5. The maximum Gasteiger partial charge on any atom is 0.303 e. The molecule has 0 heterocycles. The maximum atomic E-state index is 10.5. The zero-order chi connectivity index (χ0) is 11.4. The zero-order valence-electron chi connectivity index (χ0n) is 8.71. The molecule has 0 aliphatic rings. The minimum atomic E-state index is -0.825. The van der Waals surface area contributed by atoms with Gasteiger partial charge >= 0.3 is 5.97 Å². The first-order valence-electron chi connectivity index (χ1n) is 4.59. The molecule has 0 amide bonds. The molecule has 0 aliphatic carbocycles. The van der Waals surface area contributed by atoms with Crippen LogP contribution in [0.5, 0.6) is 5.75 Å². The molecule has 4 heteroatoms. The molecule has 0 aromatic heterocycles. The van der Waals surface area contributed by atoms with Gasteiger partial charge in [0.25, 0.3) is 0 Å². The minimum Gasteiger partial charge on any atom is -0.496 e. The van der Waals surface area contributed by atoms with Crippen LogP contribution in [0.4, 0.5) is 0 Å². The number of ether oxygens (including phenoxy) is 1. The number of carboxylic acids is 1. The quantitative estimate of drug-likeness (QED) is 0.862. The van der Waals surface area contributed by atoms with Crippen LogP contribution >= 0.6 is 11.6 Å². The van der Waals surface area contributed by atoms with Gasteiger partial charge in [-0.15, -0.1) is 0 Å². The van der Waals surface area contributed by atoms with E-state index in [9.17, 15) is 4.79 Å². The number of aryl methyl sites for hydroxylation is 2. The van der Waals surface area contributed by atoms with Crippen molar-refractivity contribution in [2.24, 2.45) is 0 Å². The highest BCUT2D eigenvalue weighted by molar-refractivity contribution is 6.31. The van der Waals surface area contributed by atoms with Crippen molar-refractivity contribution in [2.75, 3.05) is 7.11 Å². The van der Waals surface area contributed by atoms with Crippen LogP contribution in [-0.2, 0) is 11.2 Å². The van der Waals surface area contributed by atoms with Crippen molar-refractivity contribution < 1.29 is 14.6 Å². The van der Waals surface area contributed by atoms with E-state index in [0.717, 1.165) is 11.1 Å². The van der Waals surface area contributed by atoms with Gasteiger partial charge in [0.05, 0.1) is 7.11 Å². The first-order chi connectivity index (χ1) is 7.04. The smallest absolute Gasteiger partial charge is 0.303 e. The van der Waals surface area contributed by atoms with Crippen molar-refractivity contribution in [1.29, 1.82) is 0 Å². The van der Waals surface area contributed by atoms with E-state index in [1.807, 2.05) is 13.0 Å². The Hall–Kier alpha value is -1.22. The van der Waals surface area contributed by atoms with Crippen LogP contribution in [0.1, 0.15) is 17.5 Å². The molecule has 1 aromatic carbocycles. The molecule has 0 aliphatic heterocycles. The predicted molar refractivity (Wildman–Crippen MR) is 58.7 cm³/mol. The normalized spacial score (nSPS) is 10.1. The molecule has 1 rings (SSSR count). The van der Waals surface area contributed by atoms with Gasteiger partial charge in [-0.05, 0) is 36.6 Å². The van der Waals surface area contributed by atoms with Crippen molar-refractivity contribution in [3.63, 3.8) is 0 Å². The Morgan fingerprint density at radius 3 is 2.73 bits per heavy atom. The second kappa shape index (κ2) is 5.03. The summed E-state index contributed by atoms with van der Waals surface area (Å²) in [5.74, 6) is -0.132. The van der Waals surface area contributed by atoms with Gasteiger partial charge in [0.15, 0.2) is 0 Å². The Bertz CT molecular complexity index is 374. The summed E-state index contributed by atoms with van der Waals surface area (Å²) in [5, 5.41) is 9.22. The number of methoxy groups -OCH3 is 1. The molecule has 0 spiro atoms. The highest BCUT2D eigenvalue weighted by Crippen LogP contribution is 2.27. The lowest BCUT2D eigenvalue weighted by Crippen LogP contribution is -2.00. The van der Waals surface area contributed by atoms with Gasteiger partial charge in [0.1, 0.15) is 5.75 Å². The first-order valence-corrected chi connectivity index (χ1v) is 4.97. The number of carbonyl (C=O) groups is 1. The topological polar surface area (TPSA) is 46.5 Å². The molecular formula is C11H13ClO3. The first kappa shape index (κ1) is 11.9. The lowest BCUT2D eigenvalue weighted by atomic mass is 10.1. The third-order valence-electron chi connectivity index (χ3n) is 2.17. The van der Waals surface area contributed by atoms with E-state index in [2.05, 4.69) is 0 Å². The van der Waals surface area contributed by atoms with Crippen molar-refractivity contribution in [3.05, 3.63) is 28.3 Å². The Labute approximate surface area is 93.6 Å². The van der Waals surface area contributed by atoms with E-state index in [1.54, 1.807) is 13.2 Å². The second-order valence-corrected chi connectivity index (χ2v) is 3.71. The molecule has 0 atom stereocenters. The van der Waals surface area contributed by atoms with E-state index < -0.39 is 5.97 Å². The third kappa shape index (κ3) is 3.13. The Morgan fingerprint density at radius 1 is 1.53 bits per heavy atom. The third-order valence-corrected chi connectivity index (χ3v) is 2.58. The summed E-state index contributed by atoms with van der Waals surface area (Å²) in [6, 6.07) is 3.58. The molecule has 3 nitrogen and oxygen atoms in total. The lowest BCUT2D eigenvalue weighted by Gasteiger charge is -2.09. The van der Waals surface area contributed by atoms with Crippen LogP contribution in [0.2, 0.25) is 5.02 Å². The monoisotopic (exact) mass is 228 g/mol. The number of halogens is 1. The number of rotatable bonds is 4. The molecule has 82 valence electrons. The molecule has 15 heavy (non-hydrogen) atoms. The fraction of sp³-hybridized carbons (Fsp3) is 0.364. The maximum absolute atomic E-state index is 10.5. The van der Waals surface area contributed by atoms with Crippen molar-refractivity contribution in [2.45, 2.75) is 19.8 Å². The van der Waals surface area contributed by atoms with E-state index in [-0.39, 0.29) is 6.42 Å². The largest absolute Gasteiger partial charge is 0.496 e. The summed E-state index contributed by atoms with van der Waals surface area (Å²) >= 11 is 5.96. The van der Waals surface area contributed by atoms with E-state index in [4.69, 9.17) is 21.4 Å². The van der Waals surface area contributed by atoms with Gasteiger partial charge in [0, 0.05) is 11.4 Å². The Balaban J connectivity index is 2.94. The predicted octanol–water partition coefficient (Wildman–Crippen LogP) is 2.67. The minimum absolute atomic E-state index is 0.0791. The fourth-order valence-corrected chi connectivity index (χ4v) is 1.51. The fourth-order valence-electron chi connectivity index (χ4n) is 1.32. The Kier molecular flexibility index (Phi) is 3.97. The number of hydrogen-bond donors (Lipinski definition) is 1. The molecule has 0 bridgehead atoms. The molecule has 0 unspecified atom stereocenters. The van der Waals surface area contributed by atoms with E-state index in [1.165, 1.54) is 0 Å². The van der Waals surface area contributed by atoms with Crippen LogP contribution in [-0.4, -0.2) is 18.2 Å². The van der Waals surface area contributed by atoms with Gasteiger partial charge < -0.3 is 9.84 Å². The molecule has 1 N–H and O–H groups in total. The zero-order valence-corrected chi connectivity index (χ0v) is 9.47. The number of carboxylic acid groups (broad SMARTS) is 1. The summed E-state index contributed by atoms with van der Waals surface area (Å²) in [5.41, 5.74) is 1.75. The lowest BCUT2D eigenvalue weighted by molar-refractivity contribution is -0.136. The summed E-state index contributed by atoms with van der Waals surface area (Å²) < 4.78 is 5.16. The van der Waals surface area contributed by atoms with Crippen molar-refractivity contribution in [1.82, 2.24) is 0 Å². The van der Waals surface area contributed by atoms with Crippen molar-refractivity contribution >= 4 is 17.6 Å². The van der Waals surface area contributed by atoms with Gasteiger partial charge in [-0.2, -0.15) is 0 Å². The average Bonchev–Trinajstić information content (AvgIpc) is 2.19. The van der Waals surface area contributed by atoms with Crippen LogP contribution in [0.15, 0.2) is 12.1 Å². The summed E-state index contributed by atoms with van der Waals surface area (Å²) in [6.45, 7) is 1.88. The summed E-state index contributed by atoms with van der Waals surface area (Å²) in [6.07, 6.45) is 0.508. The van der Waals surface area contributed by atoms with Crippen LogP contribution in [0.25, 0.3) is 0 Å². The van der Waals surface area contributed by atoms with E-state index in [0.29, 0.717) is 17.2 Å². The number of aliphatic carboxylic acids is 1. The number of benzene rings is 1. The van der Waals surface area contributed by atoms with Gasteiger partial charge in [-0.1, -0.05) is 11.6 Å². The van der Waals surface area contributed by atoms with Crippen LogP contribution in [0, 0.1) is 6.92 Å². The molecule has 0 fully saturated rings. The molecule has 1 aromatic rings. The Morgan fingerprint density at radius 2 is 2.20 bits per heavy atom. The standard InChI is InChI=1S/C11H13ClO3/c1-7-5-10(15-2)8(6-9(7)12)3-4-11(13)14/h5-6H,3-4H2,1-2H3,(H,13,14). The van der Waals surface area contributed by atoms with Gasteiger partial charge in [-0.25, -0.2) is 0 Å². The SMILES string of the molecule is COc1cc(C)c(Cl)cc1CCC(=O)O. The highest BCUT2D eigenvalue weighted by atomic mass is 35.5. The van der Waals surface area contributed by atoms with Crippen LogP contribution in [0.3, 0.4) is 0 Å². The molecule has 0 saturated heterocycles. The van der Waals surface area contributed by atoms with Crippen LogP contribution < -0.4 is 4.74 Å². The van der Waals surface area contributed by atoms with E-state index >= 15 is 0 Å². The van der Waals surface area contributed by atoms with Gasteiger partial charge in [-0.3, -0.25) is 4.79 Å². The van der Waals surface area contributed by atoms with Crippen molar-refractivity contribution in [3.8, 4) is 5.75 Å². The molecular weight excluding hydrogens is 216 g/mol. The summed E-state index contributed by atoms with van der Waals surface area (Å²) in [7, 11) is 1.56. The van der Waals surface area contributed by atoms with Gasteiger partial charge in [0.2, 0.25) is 0 Å². The average molecular weight is 229 g/mol. The highest BCUT2D eigenvalue weighted by Gasteiger charge is 2.08. The second-order valence-electron chi connectivity index (χ2n) is 3.31.